The number of hydrogen-bond acceptors (Lipinski definition) is 3. The largest absolute Gasteiger partial charge is 0.467 e. The summed E-state index contributed by atoms with van der Waals surface area (Å²) < 4.78 is 39.0. The minimum Gasteiger partial charge on any atom is -0.467 e. The van der Waals surface area contributed by atoms with Gasteiger partial charge in [-0.2, -0.15) is 0 Å². The lowest BCUT2D eigenvalue weighted by molar-refractivity contribution is -0.0172. The third-order valence-electron chi connectivity index (χ3n) is 5.62. The van der Waals surface area contributed by atoms with Crippen molar-refractivity contribution in [1.29, 1.82) is 0 Å². The van der Waals surface area contributed by atoms with Crippen molar-refractivity contribution in [1.82, 2.24) is 10.6 Å². The molecule has 1 heterocycles. The van der Waals surface area contributed by atoms with E-state index < -0.39 is 0 Å². The lowest BCUT2D eigenvalue weighted by atomic mass is 9.95. The van der Waals surface area contributed by atoms with Crippen LogP contribution in [0.1, 0.15) is 36.5 Å². The number of ether oxygens (including phenoxy) is 2. The molecule has 2 aromatic carbocycles. The van der Waals surface area contributed by atoms with Gasteiger partial charge >= 0.3 is 0 Å². The molecular weight excluding hydrogens is 515 g/mol. The molecule has 5 nitrogen and oxygen atoms in total. The summed E-state index contributed by atoms with van der Waals surface area (Å²) in [5.74, 6) is 0.930. The van der Waals surface area contributed by atoms with Crippen molar-refractivity contribution in [2.45, 2.75) is 38.2 Å². The van der Waals surface area contributed by atoms with E-state index in [-0.39, 0.29) is 47.8 Å². The number of aliphatic imine (C=N–C) groups is 1. The molecule has 2 aliphatic rings. The van der Waals surface area contributed by atoms with Gasteiger partial charge in [0.15, 0.2) is 12.8 Å². The first kappa shape index (κ1) is 23.7. The van der Waals surface area contributed by atoms with Crippen molar-refractivity contribution in [3.8, 4) is 5.75 Å². The second-order valence-electron chi connectivity index (χ2n) is 7.80. The van der Waals surface area contributed by atoms with Crippen molar-refractivity contribution < 1.29 is 18.3 Å². The normalized spacial score (nSPS) is 16.5. The van der Waals surface area contributed by atoms with Crippen LogP contribution in [0.5, 0.6) is 5.75 Å². The molecule has 31 heavy (non-hydrogen) atoms. The van der Waals surface area contributed by atoms with Gasteiger partial charge in [0, 0.05) is 24.1 Å². The monoisotopic (exact) mass is 543 g/mol. The van der Waals surface area contributed by atoms with E-state index >= 15 is 0 Å². The number of hydrogen-bond donors (Lipinski definition) is 2. The number of benzene rings is 2. The van der Waals surface area contributed by atoms with E-state index in [2.05, 4.69) is 10.6 Å². The molecule has 168 valence electrons. The average Bonchev–Trinajstić information content (AvgIpc) is 3.53. The lowest BCUT2D eigenvalue weighted by Gasteiger charge is -2.21. The summed E-state index contributed by atoms with van der Waals surface area (Å²) >= 11 is 0. The molecule has 0 unspecified atom stereocenters. The molecule has 1 aliphatic heterocycles. The minimum atomic E-state index is -0.293. The van der Waals surface area contributed by atoms with E-state index in [1.54, 1.807) is 6.07 Å². The molecule has 0 aromatic heterocycles. The quantitative estimate of drug-likeness (QED) is 0.311. The molecule has 0 atom stereocenters. The van der Waals surface area contributed by atoms with Crippen molar-refractivity contribution in [2.24, 2.45) is 4.99 Å². The first-order chi connectivity index (χ1) is 14.6. The summed E-state index contributed by atoms with van der Waals surface area (Å²) in [4.78, 5) is 4.70. The van der Waals surface area contributed by atoms with Crippen LogP contribution in [-0.4, -0.2) is 32.4 Å². The third-order valence-corrected chi connectivity index (χ3v) is 5.62. The molecule has 0 radical (unpaired) electrons. The predicted octanol–water partition coefficient (Wildman–Crippen LogP) is 4.28. The van der Waals surface area contributed by atoms with E-state index in [1.165, 1.54) is 18.2 Å². The van der Waals surface area contributed by atoms with Gasteiger partial charge in [-0.15, -0.1) is 24.0 Å². The molecular formula is C23H28F2IN3O2. The van der Waals surface area contributed by atoms with Gasteiger partial charge in [0.2, 0.25) is 0 Å². The van der Waals surface area contributed by atoms with Gasteiger partial charge in [-0.3, -0.25) is 4.99 Å². The van der Waals surface area contributed by atoms with Crippen LogP contribution in [0.15, 0.2) is 41.4 Å². The molecule has 0 spiro atoms. The number of guanidine groups is 1. The second kappa shape index (κ2) is 10.6. The van der Waals surface area contributed by atoms with Crippen LogP contribution in [0.3, 0.4) is 0 Å². The Labute approximate surface area is 198 Å². The molecule has 1 aliphatic carbocycles. The Morgan fingerprint density at radius 2 is 1.97 bits per heavy atom. The second-order valence-corrected chi connectivity index (χ2v) is 7.80. The summed E-state index contributed by atoms with van der Waals surface area (Å²) in [6.45, 7) is 4.35. The Bertz CT molecular complexity index is 935. The number of rotatable bonds is 7. The highest BCUT2D eigenvalue weighted by molar-refractivity contribution is 14.0. The summed E-state index contributed by atoms with van der Waals surface area (Å²) in [5.41, 5.74) is 2.08. The molecule has 2 N–H and O–H groups in total. The van der Waals surface area contributed by atoms with Crippen LogP contribution in [0, 0.1) is 11.6 Å². The van der Waals surface area contributed by atoms with E-state index in [9.17, 15) is 8.78 Å². The van der Waals surface area contributed by atoms with Gasteiger partial charge in [-0.25, -0.2) is 8.78 Å². The molecule has 1 fully saturated rings. The molecule has 1 saturated carbocycles. The van der Waals surface area contributed by atoms with E-state index in [1.807, 2.05) is 19.1 Å². The summed E-state index contributed by atoms with van der Waals surface area (Å²) in [5, 5.41) is 6.53. The van der Waals surface area contributed by atoms with Crippen LogP contribution in [0.25, 0.3) is 0 Å². The Hall–Kier alpha value is -1.94. The van der Waals surface area contributed by atoms with E-state index in [0.717, 1.165) is 29.5 Å². The van der Waals surface area contributed by atoms with Gasteiger partial charge in [0.05, 0.1) is 13.2 Å². The average molecular weight is 543 g/mol. The summed E-state index contributed by atoms with van der Waals surface area (Å²) in [7, 11) is 0. The molecule has 8 heteroatoms. The number of nitrogens with one attached hydrogen (secondary N) is 2. The fraction of sp³-hybridized carbons (Fsp3) is 0.435. The maximum absolute atomic E-state index is 14.2. The standard InChI is InChI=1S/C23H27F2N3O2.HI/c1-2-26-22(28-14-23(8-9-23)19-5-3-4-6-20(19)25)27-10-7-16-11-18(24)12-17-13-29-15-30-21(16)17;/h3-6,11-12H,2,7-10,13-15H2,1H3,(H2,26,27,28);1H. The third kappa shape index (κ3) is 5.65. The number of nitrogens with zero attached hydrogens (tertiary/aromatic N) is 1. The molecule has 0 bridgehead atoms. The minimum absolute atomic E-state index is 0. The van der Waals surface area contributed by atoms with E-state index in [4.69, 9.17) is 14.5 Å². The van der Waals surface area contributed by atoms with Crippen molar-refractivity contribution in [2.75, 3.05) is 26.4 Å². The summed E-state index contributed by atoms with van der Waals surface area (Å²) in [6.07, 6.45) is 2.46. The SMILES string of the molecule is CCNC(=NCC1(c2ccccc2F)CC1)NCCc1cc(F)cc2c1OCOC2.I. The van der Waals surface area contributed by atoms with Crippen LogP contribution >= 0.6 is 24.0 Å². The maximum atomic E-state index is 14.2. The zero-order chi connectivity index (χ0) is 21.0. The predicted molar refractivity (Wildman–Crippen MR) is 127 cm³/mol. The van der Waals surface area contributed by atoms with Crippen molar-refractivity contribution in [3.63, 3.8) is 0 Å². The first-order valence-corrected chi connectivity index (χ1v) is 10.4. The van der Waals surface area contributed by atoms with Gasteiger partial charge in [0.25, 0.3) is 0 Å². The first-order valence-electron chi connectivity index (χ1n) is 10.4. The zero-order valence-corrected chi connectivity index (χ0v) is 19.9. The highest BCUT2D eigenvalue weighted by atomic mass is 127. The Morgan fingerprint density at radius 1 is 1.16 bits per heavy atom. The molecule has 2 aromatic rings. The van der Waals surface area contributed by atoms with Crippen molar-refractivity contribution >= 4 is 29.9 Å². The fourth-order valence-electron chi connectivity index (χ4n) is 3.88. The van der Waals surface area contributed by atoms with Crippen LogP contribution in [-0.2, 0) is 23.2 Å². The highest BCUT2D eigenvalue weighted by Crippen LogP contribution is 2.49. The number of fused-ring (bicyclic) bond motifs is 1. The topological polar surface area (TPSA) is 54.9 Å². The number of halogens is 3. The van der Waals surface area contributed by atoms with Crippen LogP contribution < -0.4 is 15.4 Å². The summed E-state index contributed by atoms with van der Waals surface area (Å²) in [6, 6.07) is 9.91. The van der Waals surface area contributed by atoms with Crippen LogP contribution in [0.2, 0.25) is 0 Å². The Balaban J connectivity index is 0.00000272. The van der Waals surface area contributed by atoms with Crippen LogP contribution in [0.4, 0.5) is 8.78 Å². The van der Waals surface area contributed by atoms with E-state index in [0.29, 0.717) is 44.4 Å². The van der Waals surface area contributed by atoms with Gasteiger partial charge in [0.1, 0.15) is 17.4 Å². The Morgan fingerprint density at radius 3 is 2.71 bits per heavy atom. The maximum Gasteiger partial charge on any atom is 0.191 e. The van der Waals surface area contributed by atoms with Gasteiger partial charge in [-0.1, -0.05) is 18.2 Å². The van der Waals surface area contributed by atoms with Gasteiger partial charge < -0.3 is 20.1 Å². The molecule has 0 amide bonds. The molecule has 0 saturated heterocycles. The zero-order valence-electron chi connectivity index (χ0n) is 17.5. The smallest absolute Gasteiger partial charge is 0.191 e. The fourth-order valence-corrected chi connectivity index (χ4v) is 3.88. The van der Waals surface area contributed by atoms with Gasteiger partial charge in [-0.05, 0) is 55.5 Å². The highest BCUT2D eigenvalue weighted by Gasteiger charge is 2.45. The lowest BCUT2D eigenvalue weighted by Crippen LogP contribution is -2.39. The Kier molecular flexibility index (Phi) is 8.10. The molecule has 4 rings (SSSR count). The van der Waals surface area contributed by atoms with Crippen molar-refractivity contribution in [3.05, 3.63) is 64.7 Å².